The number of rotatable bonds is 4. The Balaban J connectivity index is 2.04. The quantitative estimate of drug-likeness (QED) is 0.692. The largest absolute Gasteiger partial charge is 0.495 e. The van der Waals surface area contributed by atoms with Gasteiger partial charge in [0.15, 0.2) is 0 Å². The lowest BCUT2D eigenvalue weighted by Crippen LogP contribution is -2.06. The summed E-state index contributed by atoms with van der Waals surface area (Å²) in [5.41, 5.74) is 9.97. The summed E-state index contributed by atoms with van der Waals surface area (Å²) in [4.78, 5) is 12.0. The van der Waals surface area contributed by atoms with Gasteiger partial charge in [0.1, 0.15) is 12.4 Å². The zero-order chi connectivity index (χ0) is 15.4. The van der Waals surface area contributed by atoms with Crippen LogP contribution in [-0.4, -0.2) is 13.1 Å². The molecule has 0 unspecified atom stereocenters. The molecule has 2 rings (SSSR count). The van der Waals surface area contributed by atoms with Crippen LogP contribution in [0.1, 0.15) is 27.0 Å². The molecule has 4 heteroatoms. The molecule has 21 heavy (non-hydrogen) atoms. The second-order valence-electron chi connectivity index (χ2n) is 4.95. The molecule has 0 aliphatic carbocycles. The summed E-state index contributed by atoms with van der Waals surface area (Å²) in [6, 6.07) is 10.8. The molecule has 0 amide bonds. The summed E-state index contributed by atoms with van der Waals surface area (Å²) in [5.74, 6) is 0.142. The van der Waals surface area contributed by atoms with Gasteiger partial charge in [-0.1, -0.05) is 18.2 Å². The van der Waals surface area contributed by atoms with Crippen molar-refractivity contribution in [2.45, 2.75) is 20.5 Å². The normalized spacial score (nSPS) is 10.2. The summed E-state index contributed by atoms with van der Waals surface area (Å²) in [6.45, 7) is 4.32. The van der Waals surface area contributed by atoms with Crippen molar-refractivity contribution in [1.29, 1.82) is 0 Å². The van der Waals surface area contributed by atoms with Gasteiger partial charge in [0, 0.05) is 0 Å². The molecule has 0 fully saturated rings. The van der Waals surface area contributed by atoms with Crippen LogP contribution in [0.15, 0.2) is 36.4 Å². The van der Waals surface area contributed by atoms with Crippen molar-refractivity contribution in [1.82, 2.24) is 0 Å². The number of anilines is 1. The number of esters is 1. The standard InChI is InChI=1S/C17H19NO3/c1-11-4-5-13(8-12(11)2)10-21-17(19)14-6-7-16(20-3)15(18)9-14/h4-9H,10,18H2,1-3H3. The second kappa shape index (κ2) is 6.31. The molecular formula is C17H19NO3. The molecule has 0 radical (unpaired) electrons. The van der Waals surface area contributed by atoms with Crippen LogP contribution < -0.4 is 10.5 Å². The third-order valence-corrected chi connectivity index (χ3v) is 3.41. The average Bonchev–Trinajstić information content (AvgIpc) is 2.48. The number of nitrogen functional groups attached to an aromatic ring is 1. The van der Waals surface area contributed by atoms with Gasteiger partial charge in [-0.15, -0.1) is 0 Å². The second-order valence-corrected chi connectivity index (χ2v) is 4.95. The van der Waals surface area contributed by atoms with E-state index in [1.165, 1.54) is 18.2 Å². The van der Waals surface area contributed by atoms with E-state index in [1.807, 2.05) is 32.0 Å². The SMILES string of the molecule is COc1ccc(C(=O)OCc2ccc(C)c(C)c2)cc1N. The molecule has 0 atom stereocenters. The minimum absolute atomic E-state index is 0.242. The number of hydrogen-bond donors (Lipinski definition) is 1. The summed E-state index contributed by atoms with van der Waals surface area (Å²) >= 11 is 0. The molecule has 0 saturated carbocycles. The molecule has 4 nitrogen and oxygen atoms in total. The van der Waals surface area contributed by atoms with Crippen molar-refractivity contribution in [2.24, 2.45) is 0 Å². The van der Waals surface area contributed by atoms with Crippen LogP contribution in [-0.2, 0) is 11.3 Å². The zero-order valence-electron chi connectivity index (χ0n) is 12.5. The van der Waals surface area contributed by atoms with Crippen LogP contribution in [0.5, 0.6) is 5.75 Å². The van der Waals surface area contributed by atoms with E-state index in [2.05, 4.69) is 0 Å². The van der Waals surface area contributed by atoms with Crippen molar-refractivity contribution in [2.75, 3.05) is 12.8 Å². The van der Waals surface area contributed by atoms with Crippen molar-refractivity contribution < 1.29 is 14.3 Å². The third-order valence-electron chi connectivity index (χ3n) is 3.41. The molecule has 110 valence electrons. The molecule has 0 saturated heterocycles. The zero-order valence-corrected chi connectivity index (χ0v) is 12.5. The predicted octanol–water partition coefficient (Wildman–Crippen LogP) is 3.25. The number of carbonyl (C=O) groups excluding carboxylic acids is 1. The van der Waals surface area contributed by atoms with E-state index in [4.69, 9.17) is 15.2 Å². The molecule has 2 aromatic carbocycles. The first kappa shape index (κ1) is 14.9. The van der Waals surface area contributed by atoms with E-state index in [0.717, 1.165) is 5.56 Å². The van der Waals surface area contributed by atoms with E-state index in [0.29, 0.717) is 17.0 Å². The molecule has 0 aromatic heterocycles. The maximum atomic E-state index is 12.0. The maximum absolute atomic E-state index is 12.0. The molecule has 0 aliphatic heterocycles. The fourth-order valence-corrected chi connectivity index (χ4v) is 1.99. The number of ether oxygens (including phenoxy) is 2. The Morgan fingerprint density at radius 2 is 1.86 bits per heavy atom. The number of methoxy groups -OCH3 is 1. The molecule has 0 aliphatic rings. The first-order chi connectivity index (χ1) is 10.0. The van der Waals surface area contributed by atoms with Gasteiger partial charge in [-0.05, 0) is 48.7 Å². The number of aryl methyl sites for hydroxylation is 2. The average molecular weight is 285 g/mol. The molecule has 2 N–H and O–H groups in total. The lowest BCUT2D eigenvalue weighted by atomic mass is 10.1. The van der Waals surface area contributed by atoms with E-state index < -0.39 is 5.97 Å². The highest BCUT2D eigenvalue weighted by Gasteiger charge is 2.10. The lowest BCUT2D eigenvalue weighted by molar-refractivity contribution is 0.0472. The Labute approximate surface area is 124 Å². The Hall–Kier alpha value is -2.49. The first-order valence-corrected chi connectivity index (χ1v) is 6.68. The highest BCUT2D eigenvalue weighted by atomic mass is 16.5. The molecule has 0 heterocycles. The number of nitrogens with two attached hydrogens (primary N) is 1. The van der Waals surface area contributed by atoms with Crippen molar-refractivity contribution >= 4 is 11.7 Å². The fourth-order valence-electron chi connectivity index (χ4n) is 1.99. The van der Waals surface area contributed by atoms with Gasteiger partial charge in [-0.25, -0.2) is 4.79 Å². The Morgan fingerprint density at radius 1 is 1.10 bits per heavy atom. The number of benzene rings is 2. The minimum Gasteiger partial charge on any atom is -0.495 e. The van der Waals surface area contributed by atoms with Crippen molar-refractivity contribution in [3.63, 3.8) is 0 Å². The van der Waals surface area contributed by atoms with Crippen LogP contribution in [0.25, 0.3) is 0 Å². The minimum atomic E-state index is -0.400. The predicted molar refractivity (Wildman–Crippen MR) is 82.4 cm³/mol. The maximum Gasteiger partial charge on any atom is 0.338 e. The highest BCUT2D eigenvalue weighted by molar-refractivity contribution is 5.91. The van der Waals surface area contributed by atoms with Gasteiger partial charge in [0.2, 0.25) is 0 Å². The van der Waals surface area contributed by atoms with Crippen LogP contribution in [0, 0.1) is 13.8 Å². The molecule has 2 aromatic rings. The fraction of sp³-hybridized carbons (Fsp3) is 0.235. The van der Waals surface area contributed by atoms with Gasteiger partial charge in [-0.2, -0.15) is 0 Å². The van der Waals surface area contributed by atoms with E-state index >= 15 is 0 Å². The van der Waals surface area contributed by atoms with Gasteiger partial charge in [0.25, 0.3) is 0 Å². The van der Waals surface area contributed by atoms with Gasteiger partial charge in [0.05, 0.1) is 18.4 Å². The molecule has 0 bridgehead atoms. The van der Waals surface area contributed by atoms with E-state index in [9.17, 15) is 4.79 Å². The van der Waals surface area contributed by atoms with Crippen LogP contribution in [0.3, 0.4) is 0 Å². The van der Waals surface area contributed by atoms with Crippen LogP contribution in [0.2, 0.25) is 0 Å². The van der Waals surface area contributed by atoms with E-state index in [-0.39, 0.29) is 6.61 Å². The summed E-state index contributed by atoms with van der Waals surface area (Å²) in [7, 11) is 1.53. The van der Waals surface area contributed by atoms with Crippen LogP contribution in [0.4, 0.5) is 5.69 Å². The van der Waals surface area contributed by atoms with Gasteiger partial charge in [-0.3, -0.25) is 0 Å². The van der Waals surface area contributed by atoms with E-state index in [1.54, 1.807) is 18.2 Å². The van der Waals surface area contributed by atoms with Gasteiger partial charge >= 0.3 is 5.97 Å². The summed E-state index contributed by atoms with van der Waals surface area (Å²) < 4.78 is 10.4. The topological polar surface area (TPSA) is 61.5 Å². The summed E-state index contributed by atoms with van der Waals surface area (Å²) in [6.07, 6.45) is 0. The monoisotopic (exact) mass is 285 g/mol. The highest BCUT2D eigenvalue weighted by Crippen LogP contribution is 2.22. The number of carbonyl (C=O) groups is 1. The summed E-state index contributed by atoms with van der Waals surface area (Å²) in [5, 5.41) is 0. The Kier molecular flexibility index (Phi) is 4.48. The third kappa shape index (κ3) is 3.54. The smallest absolute Gasteiger partial charge is 0.338 e. The molecule has 0 spiro atoms. The van der Waals surface area contributed by atoms with Crippen molar-refractivity contribution in [3.8, 4) is 5.75 Å². The van der Waals surface area contributed by atoms with Crippen molar-refractivity contribution in [3.05, 3.63) is 58.7 Å². The van der Waals surface area contributed by atoms with Crippen LogP contribution >= 0.6 is 0 Å². The molecular weight excluding hydrogens is 266 g/mol. The Bertz CT molecular complexity index is 665. The number of hydrogen-bond acceptors (Lipinski definition) is 4. The Morgan fingerprint density at radius 3 is 2.48 bits per heavy atom. The lowest BCUT2D eigenvalue weighted by Gasteiger charge is -2.09. The first-order valence-electron chi connectivity index (χ1n) is 6.68. The van der Waals surface area contributed by atoms with Gasteiger partial charge < -0.3 is 15.2 Å².